The van der Waals surface area contributed by atoms with Gasteiger partial charge >= 0.3 is 0 Å². The highest BCUT2D eigenvalue weighted by atomic mass is 35.5. The molecule has 1 aliphatic rings. The third-order valence-electron chi connectivity index (χ3n) is 3.61. The molecule has 0 amide bonds. The largest absolute Gasteiger partial charge is 0.358 e. The third kappa shape index (κ3) is 1.37. The van der Waals surface area contributed by atoms with Gasteiger partial charge < -0.3 is 5.32 Å². The van der Waals surface area contributed by atoms with Crippen molar-refractivity contribution < 1.29 is 0 Å². The highest BCUT2D eigenvalue weighted by Gasteiger charge is 2.40. The Hall–Kier alpha value is -0.950. The lowest BCUT2D eigenvalue weighted by Gasteiger charge is -2.30. The van der Waals surface area contributed by atoms with E-state index in [9.17, 15) is 0 Å². The second-order valence-electron chi connectivity index (χ2n) is 4.65. The van der Waals surface area contributed by atoms with Crippen LogP contribution in [0.15, 0.2) is 30.5 Å². The first kappa shape index (κ1) is 10.6. The molecule has 0 saturated heterocycles. The zero-order valence-corrected chi connectivity index (χ0v) is 10.2. The normalized spacial score (nSPS) is 24.2. The molecule has 15 heavy (non-hydrogen) atoms. The molecule has 0 spiro atoms. The first-order valence-electron chi connectivity index (χ1n) is 5.22. The van der Waals surface area contributed by atoms with Crippen LogP contribution in [0, 0.1) is 5.92 Å². The average Bonchev–Trinajstić information content (AvgIpc) is 2.42. The number of fused-ring (bicyclic) bond motifs is 1. The Bertz CT molecular complexity index is 423. The number of anilines is 1. The second-order valence-corrected chi connectivity index (χ2v) is 5.09. The summed E-state index contributed by atoms with van der Waals surface area (Å²) in [5, 5.41) is 4.13. The maximum Gasteiger partial charge on any atom is 0.0425 e. The molecule has 1 aromatic carbocycles. The van der Waals surface area contributed by atoms with Gasteiger partial charge in [0, 0.05) is 21.8 Å². The van der Waals surface area contributed by atoms with Crippen LogP contribution < -0.4 is 5.32 Å². The highest BCUT2D eigenvalue weighted by Crippen LogP contribution is 2.48. The quantitative estimate of drug-likeness (QED) is 0.750. The lowest BCUT2D eigenvalue weighted by Crippen LogP contribution is -2.28. The molecule has 0 saturated carbocycles. The minimum atomic E-state index is -0.0137. The highest BCUT2D eigenvalue weighted by molar-refractivity contribution is 6.30. The van der Waals surface area contributed by atoms with E-state index in [1.165, 1.54) is 5.56 Å². The van der Waals surface area contributed by atoms with Crippen LogP contribution in [-0.2, 0) is 5.41 Å². The molecule has 2 heteroatoms. The zero-order chi connectivity index (χ0) is 11.2. The van der Waals surface area contributed by atoms with Crippen molar-refractivity contribution in [2.45, 2.75) is 26.2 Å². The number of allylic oxidation sites excluding steroid dienone is 1. The van der Waals surface area contributed by atoms with E-state index < -0.39 is 0 Å². The molecule has 1 atom stereocenters. The van der Waals surface area contributed by atoms with E-state index in [1.807, 2.05) is 18.2 Å². The maximum atomic E-state index is 6.05. The Kier molecular flexibility index (Phi) is 2.31. The number of nitrogens with one attached hydrogen (secondary N) is 1. The van der Waals surface area contributed by atoms with Gasteiger partial charge in [0.05, 0.1) is 0 Å². The van der Waals surface area contributed by atoms with Crippen LogP contribution in [-0.4, -0.2) is 0 Å². The summed E-state index contributed by atoms with van der Waals surface area (Å²) in [6, 6.07) is 5.98. The fraction of sp³-hybridized carbons (Fsp3) is 0.385. The van der Waals surface area contributed by atoms with Gasteiger partial charge in [0.25, 0.3) is 0 Å². The zero-order valence-electron chi connectivity index (χ0n) is 9.39. The Morgan fingerprint density at radius 3 is 2.67 bits per heavy atom. The summed E-state index contributed by atoms with van der Waals surface area (Å²) in [5.74, 6) is 0.497. The minimum Gasteiger partial charge on any atom is -0.358 e. The molecule has 0 aliphatic carbocycles. The fourth-order valence-electron chi connectivity index (χ4n) is 2.17. The molecular weight excluding hydrogens is 206 g/mol. The Labute approximate surface area is 96.1 Å². The van der Waals surface area contributed by atoms with Crippen LogP contribution in [0.25, 0.3) is 0 Å². The average molecular weight is 222 g/mol. The van der Waals surface area contributed by atoms with Crippen molar-refractivity contribution in [2.24, 2.45) is 5.92 Å². The van der Waals surface area contributed by atoms with Crippen LogP contribution in [0.1, 0.15) is 26.3 Å². The molecule has 0 radical (unpaired) electrons. The predicted octanol–water partition coefficient (Wildman–Crippen LogP) is 4.19. The Morgan fingerprint density at radius 1 is 1.40 bits per heavy atom. The monoisotopic (exact) mass is 221 g/mol. The molecule has 0 bridgehead atoms. The van der Waals surface area contributed by atoms with Crippen molar-refractivity contribution in [3.8, 4) is 0 Å². The first-order valence-corrected chi connectivity index (χ1v) is 5.60. The van der Waals surface area contributed by atoms with Crippen molar-refractivity contribution in [1.29, 1.82) is 0 Å². The van der Waals surface area contributed by atoms with Crippen molar-refractivity contribution in [2.75, 3.05) is 5.32 Å². The van der Waals surface area contributed by atoms with Crippen LogP contribution >= 0.6 is 11.6 Å². The van der Waals surface area contributed by atoms with E-state index in [-0.39, 0.29) is 5.41 Å². The van der Waals surface area contributed by atoms with Gasteiger partial charge in [-0.25, -0.2) is 0 Å². The topological polar surface area (TPSA) is 12.0 Å². The maximum absolute atomic E-state index is 6.05. The molecule has 1 aromatic rings. The summed E-state index contributed by atoms with van der Waals surface area (Å²) in [5.41, 5.74) is 3.45. The van der Waals surface area contributed by atoms with Gasteiger partial charge in [0.1, 0.15) is 0 Å². The van der Waals surface area contributed by atoms with E-state index in [1.54, 1.807) is 0 Å². The van der Waals surface area contributed by atoms with Gasteiger partial charge in [-0.15, -0.1) is 0 Å². The standard InChI is InChI=1S/C13H16ClN/c1-8(2)13(4)9(3)15-12-6-5-10(14)7-11(12)13/h5-8,15H,3H2,1-2,4H3. The van der Waals surface area contributed by atoms with E-state index >= 15 is 0 Å². The summed E-state index contributed by atoms with van der Waals surface area (Å²) < 4.78 is 0. The SMILES string of the molecule is C=C1Nc2ccc(Cl)cc2C1(C)C(C)C. The molecule has 0 fully saturated rings. The van der Waals surface area contributed by atoms with Crippen LogP contribution in [0.4, 0.5) is 5.69 Å². The summed E-state index contributed by atoms with van der Waals surface area (Å²) in [4.78, 5) is 0. The number of hydrogen-bond acceptors (Lipinski definition) is 1. The van der Waals surface area contributed by atoms with Crippen molar-refractivity contribution >= 4 is 17.3 Å². The number of hydrogen-bond donors (Lipinski definition) is 1. The van der Waals surface area contributed by atoms with Crippen LogP contribution in [0.3, 0.4) is 0 Å². The van der Waals surface area contributed by atoms with Crippen molar-refractivity contribution in [3.63, 3.8) is 0 Å². The minimum absolute atomic E-state index is 0.0137. The molecule has 1 aliphatic heterocycles. The lowest BCUT2D eigenvalue weighted by atomic mass is 9.73. The molecule has 80 valence electrons. The van der Waals surface area contributed by atoms with Gasteiger partial charge in [-0.1, -0.05) is 32.0 Å². The molecule has 1 unspecified atom stereocenters. The summed E-state index contributed by atoms with van der Waals surface area (Å²) in [6.45, 7) is 10.8. The van der Waals surface area contributed by atoms with Gasteiger partial charge in [-0.2, -0.15) is 0 Å². The molecule has 1 N–H and O–H groups in total. The lowest BCUT2D eigenvalue weighted by molar-refractivity contribution is 0.412. The summed E-state index contributed by atoms with van der Waals surface area (Å²) in [6.07, 6.45) is 0. The van der Waals surface area contributed by atoms with Crippen molar-refractivity contribution in [1.82, 2.24) is 0 Å². The molecular formula is C13H16ClN. The molecule has 1 heterocycles. The predicted molar refractivity (Wildman–Crippen MR) is 66.4 cm³/mol. The van der Waals surface area contributed by atoms with Gasteiger partial charge in [0.2, 0.25) is 0 Å². The van der Waals surface area contributed by atoms with Crippen LogP contribution in [0.2, 0.25) is 5.02 Å². The van der Waals surface area contributed by atoms with E-state index in [4.69, 9.17) is 11.6 Å². The fourth-order valence-corrected chi connectivity index (χ4v) is 2.34. The van der Waals surface area contributed by atoms with Gasteiger partial charge in [0.15, 0.2) is 0 Å². The Balaban J connectivity index is 2.63. The molecule has 0 aromatic heterocycles. The van der Waals surface area contributed by atoms with E-state index in [0.29, 0.717) is 5.92 Å². The number of halogens is 1. The van der Waals surface area contributed by atoms with Crippen LogP contribution in [0.5, 0.6) is 0 Å². The smallest absolute Gasteiger partial charge is 0.0425 e. The van der Waals surface area contributed by atoms with Gasteiger partial charge in [-0.3, -0.25) is 0 Å². The number of rotatable bonds is 1. The summed E-state index contributed by atoms with van der Waals surface area (Å²) in [7, 11) is 0. The van der Waals surface area contributed by atoms with E-state index in [0.717, 1.165) is 16.4 Å². The first-order chi connectivity index (χ1) is 6.96. The summed E-state index contributed by atoms with van der Waals surface area (Å²) >= 11 is 6.05. The second kappa shape index (κ2) is 3.28. The molecule has 2 rings (SSSR count). The van der Waals surface area contributed by atoms with E-state index in [2.05, 4.69) is 32.7 Å². The molecule has 1 nitrogen and oxygen atoms in total. The third-order valence-corrected chi connectivity index (χ3v) is 3.84. The van der Waals surface area contributed by atoms with Gasteiger partial charge in [-0.05, 0) is 36.6 Å². The van der Waals surface area contributed by atoms with Crippen molar-refractivity contribution in [3.05, 3.63) is 41.1 Å². The Morgan fingerprint density at radius 2 is 2.07 bits per heavy atom. The number of benzene rings is 1.